The van der Waals surface area contributed by atoms with Gasteiger partial charge in [0.25, 0.3) is 0 Å². The molecule has 0 aliphatic carbocycles. The van der Waals surface area contributed by atoms with E-state index in [0.29, 0.717) is 5.69 Å². The number of rotatable bonds is 8. The van der Waals surface area contributed by atoms with E-state index in [1.807, 2.05) is 42.5 Å². The molecule has 0 aliphatic rings. The Balaban J connectivity index is 1.91. The molecule has 0 aromatic heterocycles. The van der Waals surface area contributed by atoms with Gasteiger partial charge < -0.3 is 10.1 Å². The second-order valence-corrected chi connectivity index (χ2v) is 10.0. The molecule has 0 bridgehead atoms. The summed E-state index contributed by atoms with van der Waals surface area (Å²) in [5.41, 5.74) is 1.38. The molecule has 1 unspecified atom stereocenters. The Morgan fingerprint density at radius 3 is 2.39 bits per heavy atom. The fraction of sp³-hybridized carbons (Fsp3) is 0.136. The van der Waals surface area contributed by atoms with Crippen LogP contribution in [0.1, 0.15) is 5.56 Å². The van der Waals surface area contributed by atoms with E-state index >= 15 is 0 Å². The van der Waals surface area contributed by atoms with E-state index in [9.17, 15) is 13.2 Å². The van der Waals surface area contributed by atoms with Crippen LogP contribution in [0.3, 0.4) is 0 Å². The van der Waals surface area contributed by atoms with E-state index in [1.165, 1.54) is 25.3 Å². The van der Waals surface area contributed by atoms with Crippen molar-refractivity contribution in [2.24, 2.45) is 0 Å². The van der Waals surface area contributed by atoms with Crippen molar-refractivity contribution in [3.8, 4) is 5.75 Å². The lowest BCUT2D eigenvalue weighted by Gasteiger charge is -2.20. The molecule has 0 heterocycles. The van der Waals surface area contributed by atoms with E-state index in [2.05, 4.69) is 32.6 Å². The molecule has 0 saturated heterocycles. The van der Waals surface area contributed by atoms with Crippen LogP contribution in [-0.4, -0.2) is 27.5 Å². The van der Waals surface area contributed by atoms with Crippen LogP contribution in [-0.2, 0) is 21.2 Å². The summed E-state index contributed by atoms with van der Waals surface area (Å²) in [6.07, 6.45) is 0.166. The number of hydrogen-bond donors (Lipinski definition) is 2. The van der Waals surface area contributed by atoms with Crippen molar-refractivity contribution in [3.63, 3.8) is 0 Å². The fourth-order valence-corrected chi connectivity index (χ4v) is 4.90. The maximum atomic E-state index is 13.1. The predicted molar refractivity (Wildman–Crippen MR) is 130 cm³/mol. The molecule has 3 aromatic carbocycles. The standard InChI is InChI=1S/C22H20ClIN2O4S/c1-30-20-12-7-16(23)14-21(20)31(28,29)26-19(13-15-5-3-2-4-6-15)22(27)25-18-10-8-17(24)9-11-18/h2-12,14,19,26H,13H2,1H3,(H,25,27). The zero-order chi connectivity index (χ0) is 22.4. The molecule has 1 atom stereocenters. The normalized spacial score (nSPS) is 12.2. The Morgan fingerprint density at radius 1 is 1.06 bits per heavy atom. The smallest absolute Gasteiger partial charge is 0.245 e. The number of halogens is 2. The van der Waals surface area contributed by atoms with Crippen molar-refractivity contribution in [1.82, 2.24) is 4.72 Å². The maximum absolute atomic E-state index is 13.1. The molecular weight excluding hydrogens is 551 g/mol. The van der Waals surface area contributed by atoms with Crippen LogP contribution in [0, 0.1) is 3.57 Å². The predicted octanol–water partition coefficient (Wildman–Crippen LogP) is 4.48. The number of benzene rings is 3. The first-order chi connectivity index (χ1) is 14.8. The van der Waals surface area contributed by atoms with Gasteiger partial charge in [0.2, 0.25) is 15.9 Å². The van der Waals surface area contributed by atoms with Crippen molar-refractivity contribution in [2.45, 2.75) is 17.4 Å². The highest BCUT2D eigenvalue weighted by Gasteiger charge is 2.28. The summed E-state index contributed by atoms with van der Waals surface area (Å²) in [4.78, 5) is 12.9. The van der Waals surface area contributed by atoms with Crippen LogP contribution in [0.25, 0.3) is 0 Å². The SMILES string of the molecule is COc1ccc(Cl)cc1S(=O)(=O)NC(Cc1ccccc1)C(=O)Nc1ccc(I)cc1. The number of nitrogens with one attached hydrogen (secondary N) is 2. The molecule has 162 valence electrons. The molecule has 3 aromatic rings. The van der Waals surface area contributed by atoms with Gasteiger partial charge in [-0.1, -0.05) is 41.9 Å². The van der Waals surface area contributed by atoms with Gasteiger partial charge in [-0.15, -0.1) is 0 Å². The lowest BCUT2D eigenvalue weighted by atomic mass is 10.1. The van der Waals surface area contributed by atoms with E-state index in [1.54, 1.807) is 12.1 Å². The quantitative estimate of drug-likeness (QED) is 0.391. The zero-order valence-corrected chi connectivity index (χ0v) is 20.2. The van der Waals surface area contributed by atoms with E-state index in [4.69, 9.17) is 16.3 Å². The zero-order valence-electron chi connectivity index (χ0n) is 16.5. The molecule has 6 nitrogen and oxygen atoms in total. The Hall–Kier alpha value is -2.14. The number of carbonyl (C=O) groups is 1. The summed E-state index contributed by atoms with van der Waals surface area (Å²) in [6.45, 7) is 0. The van der Waals surface area contributed by atoms with Crippen molar-refractivity contribution in [1.29, 1.82) is 0 Å². The van der Waals surface area contributed by atoms with E-state index < -0.39 is 22.0 Å². The average Bonchev–Trinajstić information content (AvgIpc) is 2.75. The second kappa shape index (κ2) is 10.4. The van der Waals surface area contributed by atoms with Crippen LogP contribution < -0.4 is 14.8 Å². The van der Waals surface area contributed by atoms with E-state index in [-0.39, 0.29) is 22.1 Å². The molecule has 3 rings (SSSR count). The molecule has 0 saturated carbocycles. The minimum absolute atomic E-state index is 0.133. The van der Waals surface area contributed by atoms with Crippen molar-refractivity contribution in [2.75, 3.05) is 12.4 Å². The average molecular weight is 571 g/mol. The van der Waals surface area contributed by atoms with Crippen molar-refractivity contribution >= 4 is 55.8 Å². The molecule has 2 N–H and O–H groups in total. The molecule has 31 heavy (non-hydrogen) atoms. The number of methoxy groups -OCH3 is 1. The summed E-state index contributed by atoms with van der Waals surface area (Å²) in [6, 6.07) is 19.6. The van der Waals surface area contributed by atoms with Crippen LogP contribution in [0.5, 0.6) is 5.75 Å². The van der Waals surface area contributed by atoms with Crippen LogP contribution in [0.4, 0.5) is 5.69 Å². The maximum Gasteiger partial charge on any atom is 0.245 e. The molecule has 0 spiro atoms. The van der Waals surface area contributed by atoms with Crippen LogP contribution in [0.15, 0.2) is 77.7 Å². The summed E-state index contributed by atoms with van der Waals surface area (Å²) in [5, 5.41) is 3.02. The highest BCUT2D eigenvalue weighted by Crippen LogP contribution is 2.27. The number of ether oxygens (including phenoxy) is 1. The molecule has 0 radical (unpaired) electrons. The Labute approximate surface area is 200 Å². The summed E-state index contributed by atoms with van der Waals surface area (Å²) in [7, 11) is -2.74. The highest BCUT2D eigenvalue weighted by molar-refractivity contribution is 14.1. The van der Waals surface area contributed by atoms with Gasteiger partial charge in [0, 0.05) is 14.3 Å². The largest absolute Gasteiger partial charge is 0.495 e. The number of sulfonamides is 1. The monoisotopic (exact) mass is 570 g/mol. The van der Waals surface area contributed by atoms with Gasteiger partial charge in [-0.3, -0.25) is 4.79 Å². The summed E-state index contributed by atoms with van der Waals surface area (Å²) in [5.74, 6) is -0.344. The minimum Gasteiger partial charge on any atom is -0.495 e. The summed E-state index contributed by atoms with van der Waals surface area (Å²) >= 11 is 8.17. The third-order valence-electron chi connectivity index (χ3n) is 4.42. The summed E-state index contributed by atoms with van der Waals surface area (Å²) < 4.78 is 35.0. The minimum atomic E-state index is -4.11. The van der Waals surface area contributed by atoms with Gasteiger partial charge in [-0.25, -0.2) is 8.42 Å². The Morgan fingerprint density at radius 2 is 1.74 bits per heavy atom. The first-order valence-corrected chi connectivity index (χ1v) is 12.2. The lowest BCUT2D eigenvalue weighted by molar-refractivity contribution is -0.117. The Bertz CT molecular complexity index is 1160. The number of amides is 1. The van der Waals surface area contributed by atoms with Gasteiger partial charge in [-0.2, -0.15) is 4.72 Å². The third kappa shape index (κ3) is 6.42. The highest BCUT2D eigenvalue weighted by atomic mass is 127. The van der Waals surface area contributed by atoms with E-state index in [0.717, 1.165) is 9.13 Å². The first kappa shape index (κ1) is 23.5. The number of hydrogen-bond acceptors (Lipinski definition) is 4. The molecule has 0 fully saturated rings. The molecule has 9 heteroatoms. The molecular formula is C22H20ClIN2O4S. The third-order valence-corrected chi connectivity index (χ3v) is 6.87. The van der Waals surface area contributed by atoms with Crippen LogP contribution >= 0.6 is 34.2 Å². The van der Waals surface area contributed by atoms with Crippen molar-refractivity contribution < 1.29 is 17.9 Å². The van der Waals surface area contributed by atoms with Gasteiger partial charge in [-0.05, 0) is 77.0 Å². The number of anilines is 1. The lowest BCUT2D eigenvalue weighted by Crippen LogP contribution is -2.45. The van der Waals surface area contributed by atoms with Gasteiger partial charge >= 0.3 is 0 Å². The van der Waals surface area contributed by atoms with Crippen LogP contribution in [0.2, 0.25) is 5.02 Å². The number of carbonyl (C=O) groups excluding carboxylic acids is 1. The van der Waals surface area contributed by atoms with Gasteiger partial charge in [0.05, 0.1) is 7.11 Å². The topological polar surface area (TPSA) is 84.5 Å². The Kier molecular flexibility index (Phi) is 7.93. The second-order valence-electron chi connectivity index (χ2n) is 6.65. The first-order valence-electron chi connectivity index (χ1n) is 9.25. The molecule has 0 aliphatic heterocycles. The van der Waals surface area contributed by atoms with Crippen molar-refractivity contribution in [3.05, 3.63) is 87.0 Å². The molecule has 1 amide bonds. The fourth-order valence-electron chi connectivity index (χ4n) is 2.91. The van der Waals surface area contributed by atoms with Gasteiger partial charge in [0.1, 0.15) is 16.7 Å². The van der Waals surface area contributed by atoms with Gasteiger partial charge in [0.15, 0.2) is 0 Å².